The zero-order valence-electron chi connectivity index (χ0n) is 25.4. The van der Waals surface area contributed by atoms with Gasteiger partial charge < -0.3 is 26.2 Å². The van der Waals surface area contributed by atoms with Gasteiger partial charge in [-0.3, -0.25) is 33.8 Å². The van der Waals surface area contributed by atoms with Gasteiger partial charge in [0.15, 0.2) is 0 Å². The molecule has 2 aliphatic heterocycles. The Labute approximate surface area is 256 Å². The van der Waals surface area contributed by atoms with Crippen LogP contribution in [0.25, 0.3) is 0 Å². The number of Topliss-reactive ketones (excluding diaryl/α,β-unsaturated/α-hetero) is 1. The number of hydrogen-bond donors (Lipinski definition) is 4. The van der Waals surface area contributed by atoms with Gasteiger partial charge in [0.25, 0.3) is 17.7 Å². The summed E-state index contributed by atoms with van der Waals surface area (Å²) in [6.07, 6.45) is 9.26. The van der Waals surface area contributed by atoms with E-state index in [-0.39, 0.29) is 42.2 Å². The third-order valence-corrected chi connectivity index (χ3v) is 9.12. The average molecular weight is 608 g/mol. The van der Waals surface area contributed by atoms with Gasteiger partial charge in [0, 0.05) is 25.0 Å². The van der Waals surface area contributed by atoms with E-state index in [1.807, 2.05) is 20.8 Å². The van der Waals surface area contributed by atoms with Gasteiger partial charge in [0.05, 0.1) is 17.9 Å². The highest BCUT2D eigenvalue weighted by Gasteiger charge is 2.62. The molecular weight excluding hydrogens is 566 g/mol. The fourth-order valence-corrected chi connectivity index (χ4v) is 6.96. The molecule has 3 fully saturated rings. The normalized spacial score (nSPS) is 25.6. The molecule has 2 saturated heterocycles. The van der Waals surface area contributed by atoms with E-state index in [0.29, 0.717) is 12.8 Å². The number of aromatic nitrogens is 2. The fraction of sp³-hybridized carbons (Fsp3) is 0.548. The minimum Gasteiger partial charge on any atom is -0.346 e. The molecule has 1 saturated carbocycles. The number of amides is 5. The molecule has 0 radical (unpaired) electrons. The second-order valence-corrected chi connectivity index (χ2v) is 12.2. The maximum Gasteiger partial charge on any atom is 0.289 e. The molecule has 0 aromatic carbocycles. The van der Waals surface area contributed by atoms with E-state index in [1.165, 1.54) is 24.7 Å². The summed E-state index contributed by atoms with van der Waals surface area (Å²) in [5, 5.41) is 10.4. The second kappa shape index (κ2) is 13.5. The van der Waals surface area contributed by atoms with Crippen LogP contribution in [-0.2, 0) is 24.0 Å². The summed E-state index contributed by atoms with van der Waals surface area (Å²) in [5.41, 5.74) is -0.938. The highest BCUT2D eigenvalue weighted by molar-refractivity contribution is 6.38. The first kappa shape index (κ1) is 32.5. The standard InChI is InChI=1S/C31H41N7O6/c1-6-9-20(24(39)29(43)34-12-7-2)36-28(42)22-15-18-10-8-11-19-23(18)38(22)30(44)25(31(19,4)5)37-26(40)17(3)35-27(41)21-16-32-13-14-33-21/h7,13-14,16,18-20,22-23,25H,2-3,6,8-12,15H2,1,4-5H3,(H,34,43)(H,35,41)(H,36,42)(H,37,40)/t18-,19?,20?,22?,23+,25+/m0/s1. The van der Waals surface area contributed by atoms with Gasteiger partial charge in [0.1, 0.15) is 17.8 Å². The van der Waals surface area contributed by atoms with Crippen LogP contribution in [0.4, 0.5) is 0 Å². The Kier molecular flexibility index (Phi) is 9.95. The van der Waals surface area contributed by atoms with Gasteiger partial charge in [-0.1, -0.05) is 46.3 Å². The van der Waals surface area contributed by atoms with Crippen molar-refractivity contribution in [2.45, 2.75) is 83.5 Å². The van der Waals surface area contributed by atoms with Crippen LogP contribution in [0.3, 0.4) is 0 Å². The van der Waals surface area contributed by atoms with Gasteiger partial charge in [-0.2, -0.15) is 0 Å². The number of hydrogen-bond acceptors (Lipinski definition) is 8. The summed E-state index contributed by atoms with van der Waals surface area (Å²) in [7, 11) is 0. The summed E-state index contributed by atoms with van der Waals surface area (Å²) < 4.78 is 0. The Morgan fingerprint density at radius 1 is 1.16 bits per heavy atom. The Hall–Kier alpha value is -4.42. The van der Waals surface area contributed by atoms with Gasteiger partial charge in [-0.15, -0.1) is 6.58 Å². The highest BCUT2D eigenvalue weighted by atomic mass is 16.2. The van der Waals surface area contributed by atoms with Crippen LogP contribution in [0.5, 0.6) is 0 Å². The van der Waals surface area contributed by atoms with E-state index >= 15 is 0 Å². The summed E-state index contributed by atoms with van der Waals surface area (Å²) in [4.78, 5) is 88.3. The van der Waals surface area contributed by atoms with Crippen molar-refractivity contribution in [1.29, 1.82) is 0 Å². The number of nitrogens with zero attached hydrogens (tertiary/aromatic N) is 3. The third-order valence-electron chi connectivity index (χ3n) is 9.12. The summed E-state index contributed by atoms with van der Waals surface area (Å²) in [6.45, 7) is 13.0. The second-order valence-electron chi connectivity index (χ2n) is 12.2. The lowest BCUT2D eigenvalue weighted by molar-refractivity contribution is -0.159. The molecule has 6 atom stereocenters. The van der Waals surface area contributed by atoms with Crippen molar-refractivity contribution in [2.75, 3.05) is 6.54 Å². The molecule has 1 aromatic rings. The van der Waals surface area contributed by atoms with Crippen LogP contribution in [0.2, 0.25) is 0 Å². The lowest BCUT2D eigenvalue weighted by Gasteiger charge is -2.55. The van der Waals surface area contributed by atoms with E-state index in [0.717, 1.165) is 19.3 Å². The zero-order valence-corrected chi connectivity index (χ0v) is 25.4. The first-order valence-corrected chi connectivity index (χ1v) is 15.0. The van der Waals surface area contributed by atoms with Gasteiger partial charge in [-0.05, 0) is 42.9 Å². The Bertz CT molecular complexity index is 1350. The summed E-state index contributed by atoms with van der Waals surface area (Å²) in [6, 6.07) is -3.11. The molecule has 5 amide bonds. The molecule has 236 valence electrons. The number of carbonyl (C=O) groups excluding carboxylic acids is 6. The molecule has 1 aliphatic carbocycles. The number of rotatable bonds is 12. The Morgan fingerprint density at radius 3 is 2.57 bits per heavy atom. The van der Waals surface area contributed by atoms with E-state index < -0.39 is 58.9 Å². The molecule has 44 heavy (non-hydrogen) atoms. The van der Waals surface area contributed by atoms with Crippen molar-refractivity contribution in [3.05, 3.63) is 49.2 Å². The van der Waals surface area contributed by atoms with E-state index in [2.05, 4.69) is 44.4 Å². The fourth-order valence-electron chi connectivity index (χ4n) is 6.96. The molecule has 4 N–H and O–H groups in total. The molecule has 3 heterocycles. The molecule has 13 nitrogen and oxygen atoms in total. The lowest BCUT2D eigenvalue weighted by Crippen LogP contribution is -2.69. The molecule has 13 heteroatoms. The van der Waals surface area contributed by atoms with Crippen molar-refractivity contribution in [1.82, 2.24) is 36.1 Å². The van der Waals surface area contributed by atoms with Crippen LogP contribution in [0, 0.1) is 17.3 Å². The molecular formula is C31H41N7O6. The van der Waals surface area contributed by atoms with E-state index in [1.54, 1.807) is 4.90 Å². The number of piperidine rings is 1. The van der Waals surface area contributed by atoms with Crippen molar-refractivity contribution >= 4 is 35.3 Å². The smallest absolute Gasteiger partial charge is 0.289 e. The first-order valence-electron chi connectivity index (χ1n) is 15.0. The highest BCUT2D eigenvalue weighted by Crippen LogP contribution is 2.53. The lowest BCUT2D eigenvalue weighted by atomic mass is 9.60. The van der Waals surface area contributed by atoms with Crippen LogP contribution < -0.4 is 21.3 Å². The van der Waals surface area contributed by atoms with Gasteiger partial charge >= 0.3 is 0 Å². The molecule has 3 aliphatic rings. The van der Waals surface area contributed by atoms with Gasteiger partial charge in [-0.25, -0.2) is 4.98 Å². The maximum absolute atomic E-state index is 14.2. The third kappa shape index (κ3) is 6.41. The zero-order chi connectivity index (χ0) is 32.2. The summed E-state index contributed by atoms with van der Waals surface area (Å²) in [5.74, 6) is -3.82. The molecule has 0 spiro atoms. The Balaban J connectivity index is 1.54. The predicted octanol–water partition coefficient (Wildman–Crippen LogP) is 0.787. The maximum atomic E-state index is 14.2. The van der Waals surface area contributed by atoms with Crippen molar-refractivity contribution in [3.63, 3.8) is 0 Å². The predicted molar refractivity (Wildman–Crippen MR) is 159 cm³/mol. The van der Waals surface area contributed by atoms with E-state index in [4.69, 9.17) is 0 Å². The Morgan fingerprint density at radius 2 is 1.91 bits per heavy atom. The number of ketones is 1. The summed E-state index contributed by atoms with van der Waals surface area (Å²) >= 11 is 0. The van der Waals surface area contributed by atoms with Crippen molar-refractivity contribution < 1.29 is 28.8 Å². The molecule has 0 bridgehead atoms. The van der Waals surface area contributed by atoms with Crippen LogP contribution >= 0.6 is 0 Å². The quantitative estimate of drug-likeness (QED) is 0.153. The topological polar surface area (TPSA) is 180 Å². The van der Waals surface area contributed by atoms with Crippen LogP contribution in [-0.4, -0.2) is 80.9 Å². The molecule has 1 aromatic heterocycles. The van der Waals surface area contributed by atoms with Crippen LogP contribution in [0.1, 0.15) is 69.8 Å². The SMILES string of the molecule is C=CCNC(=O)C(=O)C(CCC)NC(=O)C1C[C@@H]2CCCC3[C@@H]2N1C(=O)[C@@H](NC(=O)C(=C)NC(=O)c1cnccn1)C3(C)C. The van der Waals surface area contributed by atoms with Crippen molar-refractivity contribution in [3.8, 4) is 0 Å². The van der Waals surface area contributed by atoms with E-state index in [9.17, 15) is 28.8 Å². The minimum absolute atomic E-state index is 0.00409. The average Bonchev–Trinajstić information content (AvgIpc) is 3.41. The minimum atomic E-state index is -1.04. The number of carbonyl (C=O) groups is 6. The van der Waals surface area contributed by atoms with Crippen molar-refractivity contribution in [2.24, 2.45) is 17.3 Å². The first-order chi connectivity index (χ1) is 20.9. The molecule has 4 rings (SSSR count). The monoisotopic (exact) mass is 607 g/mol. The number of nitrogens with one attached hydrogen (secondary N) is 4. The molecule has 3 unspecified atom stereocenters. The largest absolute Gasteiger partial charge is 0.346 e. The van der Waals surface area contributed by atoms with Gasteiger partial charge in [0.2, 0.25) is 17.6 Å². The van der Waals surface area contributed by atoms with Crippen LogP contribution in [0.15, 0.2) is 43.5 Å².